The van der Waals surface area contributed by atoms with Gasteiger partial charge in [-0.1, -0.05) is 19.8 Å². The summed E-state index contributed by atoms with van der Waals surface area (Å²) in [5.74, 6) is 0. The van der Waals surface area contributed by atoms with Crippen molar-refractivity contribution < 1.29 is 0 Å². The molecule has 0 spiro atoms. The monoisotopic (exact) mass is 351 g/mol. The topological polar surface area (TPSA) is 26.0 Å². The molecule has 1 aliphatic rings. The van der Waals surface area contributed by atoms with Gasteiger partial charge in [-0.3, -0.25) is 0 Å². The summed E-state index contributed by atoms with van der Waals surface area (Å²) < 4.78 is 2.27. The van der Waals surface area contributed by atoms with Gasteiger partial charge in [-0.15, -0.1) is 11.3 Å². The second-order valence-electron chi connectivity index (χ2n) is 4.61. The molecule has 1 saturated carbocycles. The summed E-state index contributed by atoms with van der Waals surface area (Å²) in [6.45, 7) is 2.33. The Labute approximate surface area is 112 Å². The Morgan fingerprint density at radius 1 is 1.40 bits per heavy atom. The molecule has 2 N–H and O–H groups in total. The molecule has 1 unspecified atom stereocenters. The molecule has 1 aliphatic carbocycles. The van der Waals surface area contributed by atoms with Crippen LogP contribution < -0.4 is 5.73 Å². The molecule has 1 aromatic heterocycles. The molecule has 84 valence electrons. The highest BCUT2D eigenvalue weighted by atomic mass is 79.9. The van der Waals surface area contributed by atoms with Crippen molar-refractivity contribution >= 4 is 43.2 Å². The van der Waals surface area contributed by atoms with E-state index >= 15 is 0 Å². The van der Waals surface area contributed by atoms with E-state index in [2.05, 4.69) is 44.8 Å². The lowest BCUT2D eigenvalue weighted by Gasteiger charge is -2.30. The normalized spacial score (nSPS) is 21.9. The van der Waals surface area contributed by atoms with E-state index in [1.54, 1.807) is 11.3 Å². The lowest BCUT2D eigenvalue weighted by molar-refractivity contribution is 0.268. The van der Waals surface area contributed by atoms with Crippen LogP contribution in [-0.4, -0.2) is 0 Å². The van der Waals surface area contributed by atoms with Crippen molar-refractivity contribution in [3.8, 4) is 0 Å². The lowest BCUT2D eigenvalue weighted by Crippen LogP contribution is -2.28. The molecular formula is C11H15Br2NS. The van der Waals surface area contributed by atoms with E-state index in [1.165, 1.54) is 30.6 Å². The van der Waals surface area contributed by atoms with Crippen LogP contribution in [0.1, 0.15) is 43.5 Å². The van der Waals surface area contributed by atoms with Crippen molar-refractivity contribution in [3.05, 3.63) is 19.2 Å². The Kier molecular flexibility index (Phi) is 3.61. The van der Waals surface area contributed by atoms with Gasteiger partial charge in [-0.05, 0) is 56.2 Å². The molecule has 2 rings (SSSR count). The first kappa shape index (κ1) is 12.1. The fourth-order valence-electron chi connectivity index (χ4n) is 2.35. The van der Waals surface area contributed by atoms with Gasteiger partial charge < -0.3 is 5.73 Å². The zero-order valence-electron chi connectivity index (χ0n) is 8.72. The van der Waals surface area contributed by atoms with Crippen molar-refractivity contribution in [1.82, 2.24) is 0 Å². The summed E-state index contributed by atoms with van der Waals surface area (Å²) in [7, 11) is 0. The Bertz CT molecular complexity index is 336. The maximum absolute atomic E-state index is 6.39. The molecule has 1 heterocycles. The SMILES string of the molecule is CC1(C(N)c2cc(Br)c(Br)s2)CCCC1. The van der Waals surface area contributed by atoms with E-state index in [0.717, 1.165) is 8.26 Å². The Morgan fingerprint density at radius 3 is 2.47 bits per heavy atom. The summed E-state index contributed by atoms with van der Waals surface area (Å²) in [5.41, 5.74) is 6.69. The van der Waals surface area contributed by atoms with Crippen LogP contribution in [0.15, 0.2) is 14.3 Å². The summed E-state index contributed by atoms with van der Waals surface area (Å²) in [4.78, 5) is 1.29. The van der Waals surface area contributed by atoms with Crippen LogP contribution in [0.2, 0.25) is 0 Å². The van der Waals surface area contributed by atoms with Gasteiger partial charge >= 0.3 is 0 Å². The third-order valence-electron chi connectivity index (χ3n) is 3.47. The second-order valence-corrected chi connectivity index (χ2v) is 7.87. The largest absolute Gasteiger partial charge is 0.323 e. The summed E-state index contributed by atoms with van der Waals surface area (Å²) in [6.07, 6.45) is 5.19. The van der Waals surface area contributed by atoms with E-state index in [-0.39, 0.29) is 6.04 Å². The fraction of sp³-hybridized carbons (Fsp3) is 0.636. The number of hydrogen-bond donors (Lipinski definition) is 1. The summed E-state index contributed by atoms with van der Waals surface area (Å²) >= 11 is 8.80. The van der Waals surface area contributed by atoms with Gasteiger partial charge in [0.2, 0.25) is 0 Å². The highest BCUT2D eigenvalue weighted by Crippen LogP contribution is 2.48. The van der Waals surface area contributed by atoms with Crippen LogP contribution in [0.5, 0.6) is 0 Å². The lowest BCUT2D eigenvalue weighted by atomic mass is 9.80. The quantitative estimate of drug-likeness (QED) is 0.808. The van der Waals surface area contributed by atoms with Crippen molar-refractivity contribution in [3.63, 3.8) is 0 Å². The molecule has 0 amide bonds. The molecule has 0 aliphatic heterocycles. The minimum atomic E-state index is 0.188. The maximum atomic E-state index is 6.39. The predicted octanol–water partition coefficient (Wildman–Crippen LogP) is 4.85. The molecule has 15 heavy (non-hydrogen) atoms. The second kappa shape index (κ2) is 4.47. The van der Waals surface area contributed by atoms with Crippen LogP contribution in [0.3, 0.4) is 0 Å². The van der Waals surface area contributed by atoms with Crippen molar-refractivity contribution in [2.75, 3.05) is 0 Å². The van der Waals surface area contributed by atoms with Crippen LogP contribution in [0, 0.1) is 5.41 Å². The van der Waals surface area contributed by atoms with E-state index in [0.29, 0.717) is 5.41 Å². The first-order valence-electron chi connectivity index (χ1n) is 5.23. The number of hydrogen-bond acceptors (Lipinski definition) is 2. The fourth-order valence-corrected chi connectivity index (χ4v) is 4.62. The number of halogens is 2. The average Bonchev–Trinajstić information content (AvgIpc) is 2.75. The van der Waals surface area contributed by atoms with Crippen LogP contribution in [0.25, 0.3) is 0 Å². The number of thiophene rings is 1. The van der Waals surface area contributed by atoms with Crippen LogP contribution in [0.4, 0.5) is 0 Å². The zero-order valence-corrected chi connectivity index (χ0v) is 12.7. The molecule has 0 aromatic carbocycles. The van der Waals surface area contributed by atoms with E-state index in [1.807, 2.05) is 0 Å². The third-order valence-corrected chi connectivity index (χ3v) is 6.81. The maximum Gasteiger partial charge on any atom is 0.0843 e. The smallest absolute Gasteiger partial charge is 0.0843 e. The Hall–Kier alpha value is 0.620. The standard InChI is InChI=1S/C11H15Br2NS/c1-11(4-2-3-5-11)9(14)8-6-7(12)10(13)15-8/h6,9H,2-5,14H2,1H3. The van der Waals surface area contributed by atoms with Crippen LogP contribution >= 0.6 is 43.2 Å². The molecule has 1 atom stereocenters. The number of nitrogens with two attached hydrogens (primary N) is 1. The first-order valence-corrected chi connectivity index (χ1v) is 7.63. The van der Waals surface area contributed by atoms with Crippen LogP contribution in [-0.2, 0) is 0 Å². The molecular weight excluding hydrogens is 338 g/mol. The highest BCUT2D eigenvalue weighted by Gasteiger charge is 2.36. The van der Waals surface area contributed by atoms with Gasteiger partial charge in [0.15, 0.2) is 0 Å². The van der Waals surface area contributed by atoms with Gasteiger partial charge in [0, 0.05) is 15.4 Å². The van der Waals surface area contributed by atoms with Gasteiger partial charge in [-0.25, -0.2) is 0 Å². The van der Waals surface area contributed by atoms with E-state index < -0.39 is 0 Å². The molecule has 0 radical (unpaired) electrons. The predicted molar refractivity (Wildman–Crippen MR) is 73.2 cm³/mol. The average molecular weight is 353 g/mol. The van der Waals surface area contributed by atoms with Crippen molar-refractivity contribution in [1.29, 1.82) is 0 Å². The molecule has 1 fully saturated rings. The minimum absolute atomic E-state index is 0.188. The Balaban J connectivity index is 2.23. The van der Waals surface area contributed by atoms with Gasteiger partial charge in [-0.2, -0.15) is 0 Å². The number of rotatable bonds is 2. The van der Waals surface area contributed by atoms with Crippen molar-refractivity contribution in [2.24, 2.45) is 11.1 Å². The summed E-state index contributed by atoms with van der Waals surface area (Å²) in [5, 5.41) is 0. The van der Waals surface area contributed by atoms with E-state index in [9.17, 15) is 0 Å². The molecule has 0 saturated heterocycles. The highest BCUT2D eigenvalue weighted by molar-refractivity contribution is 9.13. The molecule has 1 nitrogen and oxygen atoms in total. The van der Waals surface area contributed by atoms with Gasteiger partial charge in [0.05, 0.1) is 3.79 Å². The molecule has 0 bridgehead atoms. The molecule has 1 aromatic rings. The van der Waals surface area contributed by atoms with E-state index in [4.69, 9.17) is 5.73 Å². The Morgan fingerprint density at radius 2 is 2.00 bits per heavy atom. The first-order chi connectivity index (χ1) is 7.03. The van der Waals surface area contributed by atoms with Gasteiger partial charge in [0.1, 0.15) is 0 Å². The minimum Gasteiger partial charge on any atom is -0.323 e. The van der Waals surface area contributed by atoms with Crippen molar-refractivity contribution in [2.45, 2.75) is 38.6 Å². The molecule has 4 heteroatoms. The third kappa shape index (κ3) is 2.33. The zero-order chi connectivity index (χ0) is 11.1. The van der Waals surface area contributed by atoms with Gasteiger partial charge in [0.25, 0.3) is 0 Å². The summed E-state index contributed by atoms with van der Waals surface area (Å²) in [6, 6.07) is 2.34.